The van der Waals surface area contributed by atoms with Crippen LogP contribution in [-0.2, 0) is 0 Å². The molecule has 234 valence electrons. The summed E-state index contributed by atoms with van der Waals surface area (Å²) in [6, 6.07) is 64.3. The van der Waals surface area contributed by atoms with Gasteiger partial charge in [0, 0.05) is 32.7 Å². The monoisotopic (exact) mass is 638 g/mol. The topological polar surface area (TPSA) is 31.0 Å². The van der Waals surface area contributed by atoms with Crippen molar-refractivity contribution in [3.05, 3.63) is 182 Å². The Morgan fingerprint density at radius 3 is 1.88 bits per heavy atom. The molecule has 50 heavy (non-hydrogen) atoms. The standard InChI is InChI=1S/C47H30N2O/c1-3-13-31(14-4-1)36-29-42(32-15-5-2-6-16-32)48-46(30-36)49-43-23-9-7-19-38(43)41-28-34(25-26-44(41)49)33-17-11-18-35(27-33)37-21-12-22-40-39-20-8-10-24-45(39)50-47(37)40/h1-30H. The molecule has 7 aromatic carbocycles. The smallest absolute Gasteiger partial charge is 0.143 e. The van der Waals surface area contributed by atoms with E-state index in [1.807, 2.05) is 18.2 Å². The van der Waals surface area contributed by atoms with Gasteiger partial charge >= 0.3 is 0 Å². The van der Waals surface area contributed by atoms with Gasteiger partial charge in [-0.1, -0.05) is 140 Å². The van der Waals surface area contributed by atoms with Crippen LogP contribution in [0.5, 0.6) is 0 Å². The van der Waals surface area contributed by atoms with Crippen LogP contribution >= 0.6 is 0 Å². The largest absolute Gasteiger partial charge is 0.455 e. The maximum atomic E-state index is 6.40. The number of rotatable bonds is 5. The molecule has 3 nitrogen and oxygen atoms in total. The van der Waals surface area contributed by atoms with Crippen LogP contribution in [0.25, 0.3) is 94.2 Å². The molecule has 3 heterocycles. The van der Waals surface area contributed by atoms with E-state index in [1.165, 1.54) is 10.8 Å². The Morgan fingerprint density at radius 1 is 0.380 bits per heavy atom. The summed E-state index contributed by atoms with van der Waals surface area (Å²) in [6.45, 7) is 0. The average Bonchev–Trinajstić information content (AvgIpc) is 3.74. The molecule has 0 radical (unpaired) electrons. The Balaban J connectivity index is 1.14. The van der Waals surface area contributed by atoms with Gasteiger partial charge in [0.1, 0.15) is 17.0 Å². The van der Waals surface area contributed by atoms with Crippen LogP contribution < -0.4 is 0 Å². The van der Waals surface area contributed by atoms with Gasteiger partial charge in [-0.15, -0.1) is 0 Å². The van der Waals surface area contributed by atoms with Gasteiger partial charge in [-0.25, -0.2) is 4.98 Å². The molecule has 0 aliphatic carbocycles. The van der Waals surface area contributed by atoms with Gasteiger partial charge in [0.15, 0.2) is 0 Å². The zero-order chi connectivity index (χ0) is 33.0. The van der Waals surface area contributed by atoms with E-state index in [0.29, 0.717) is 0 Å². The molecule has 10 rings (SSSR count). The van der Waals surface area contributed by atoms with Crippen molar-refractivity contribution >= 4 is 43.7 Å². The predicted octanol–water partition coefficient (Wildman–Crippen LogP) is 12.7. The summed E-state index contributed by atoms with van der Waals surface area (Å²) in [5.74, 6) is 0.894. The number of furan rings is 1. The van der Waals surface area contributed by atoms with E-state index in [9.17, 15) is 0 Å². The number of fused-ring (bicyclic) bond motifs is 6. The number of nitrogens with zero attached hydrogens (tertiary/aromatic N) is 2. The lowest BCUT2D eigenvalue weighted by Crippen LogP contribution is -2.00. The molecule has 0 amide bonds. The second-order valence-electron chi connectivity index (χ2n) is 12.8. The first-order valence-corrected chi connectivity index (χ1v) is 17.0. The second-order valence-corrected chi connectivity index (χ2v) is 12.8. The fraction of sp³-hybridized carbons (Fsp3) is 0. The lowest BCUT2D eigenvalue weighted by Gasteiger charge is -2.13. The normalized spacial score (nSPS) is 11.6. The quantitative estimate of drug-likeness (QED) is 0.188. The SMILES string of the molecule is c1ccc(-c2cc(-c3ccccc3)nc(-n3c4ccccc4c4cc(-c5cccc(-c6cccc7c6oc6ccccc67)c5)ccc43)c2)cc1. The van der Waals surface area contributed by atoms with Gasteiger partial charge in [0.25, 0.3) is 0 Å². The fourth-order valence-corrected chi connectivity index (χ4v) is 7.42. The molecule has 0 saturated heterocycles. The van der Waals surface area contributed by atoms with E-state index >= 15 is 0 Å². The van der Waals surface area contributed by atoms with Crippen LogP contribution in [0.2, 0.25) is 0 Å². The van der Waals surface area contributed by atoms with Crippen LogP contribution in [0.4, 0.5) is 0 Å². The Hall–Kier alpha value is -6.71. The van der Waals surface area contributed by atoms with Gasteiger partial charge in [0.05, 0.1) is 16.7 Å². The third-order valence-corrected chi connectivity index (χ3v) is 9.80. The molecule has 3 heteroatoms. The first-order chi connectivity index (χ1) is 24.8. The second kappa shape index (κ2) is 11.5. The summed E-state index contributed by atoms with van der Waals surface area (Å²) < 4.78 is 8.71. The van der Waals surface area contributed by atoms with E-state index in [-0.39, 0.29) is 0 Å². The minimum absolute atomic E-state index is 0.894. The summed E-state index contributed by atoms with van der Waals surface area (Å²) in [4.78, 5) is 5.29. The highest BCUT2D eigenvalue weighted by Gasteiger charge is 2.17. The molecular formula is C47H30N2O. The lowest BCUT2D eigenvalue weighted by molar-refractivity contribution is 0.670. The molecule has 0 N–H and O–H groups in total. The Morgan fingerprint density at radius 2 is 1.02 bits per heavy atom. The minimum atomic E-state index is 0.894. The Bertz CT molecular complexity index is 2810. The van der Waals surface area contributed by atoms with Crippen LogP contribution in [0, 0.1) is 0 Å². The summed E-state index contributed by atoms with van der Waals surface area (Å²) in [5, 5.41) is 4.66. The number of para-hydroxylation sites is 3. The van der Waals surface area contributed by atoms with E-state index in [0.717, 1.165) is 83.4 Å². The van der Waals surface area contributed by atoms with Crippen LogP contribution in [0.1, 0.15) is 0 Å². The third-order valence-electron chi connectivity index (χ3n) is 9.80. The van der Waals surface area contributed by atoms with Gasteiger partial charge in [-0.2, -0.15) is 0 Å². The molecule has 0 unspecified atom stereocenters. The van der Waals surface area contributed by atoms with Crippen molar-refractivity contribution in [1.29, 1.82) is 0 Å². The molecule has 0 bridgehead atoms. The number of hydrogen-bond donors (Lipinski definition) is 0. The van der Waals surface area contributed by atoms with Gasteiger partial charge in [-0.3, -0.25) is 4.57 Å². The van der Waals surface area contributed by atoms with E-state index in [1.54, 1.807) is 0 Å². The van der Waals surface area contributed by atoms with Gasteiger partial charge < -0.3 is 4.42 Å². The third kappa shape index (κ3) is 4.63. The maximum absolute atomic E-state index is 6.40. The van der Waals surface area contributed by atoms with Gasteiger partial charge in [0.2, 0.25) is 0 Å². The van der Waals surface area contributed by atoms with Crippen molar-refractivity contribution in [3.8, 4) is 50.5 Å². The highest BCUT2D eigenvalue weighted by atomic mass is 16.3. The highest BCUT2D eigenvalue weighted by molar-refractivity contribution is 6.11. The molecule has 0 atom stereocenters. The number of benzene rings is 7. The molecule has 3 aromatic heterocycles. The minimum Gasteiger partial charge on any atom is -0.455 e. The summed E-state index contributed by atoms with van der Waals surface area (Å²) in [7, 11) is 0. The van der Waals surface area contributed by atoms with Gasteiger partial charge in [-0.05, 0) is 70.3 Å². The van der Waals surface area contributed by atoms with Crippen LogP contribution in [0.15, 0.2) is 186 Å². The van der Waals surface area contributed by atoms with Crippen molar-refractivity contribution < 1.29 is 4.42 Å². The molecule has 0 aliphatic rings. The van der Waals surface area contributed by atoms with Crippen molar-refractivity contribution in [2.24, 2.45) is 0 Å². The molecule has 0 saturated carbocycles. The zero-order valence-corrected chi connectivity index (χ0v) is 27.1. The van der Waals surface area contributed by atoms with Crippen molar-refractivity contribution in [3.63, 3.8) is 0 Å². The molecule has 0 fully saturated rings. The highest BCUT2D eigenvalue weighted by Crippen LogP contribution is 2.39. The first kappa shape index (κ1) is 28.3. The van der Waals surface area contributed by atoms with E-state index < -0.39 is 0 Å². The zero-order valence-electron chi connectivity index (χ0n) is 27.1. The number of hydrogen-bond acceptors (Lipinski definition) is 2. The van der Waals surface area contributed by atoms with E-state index in [4.69, 9.17) is 9.40 Å². The Kier molecular flexibility index (Phi) is 6.49. The van der Waals surface area contributed by atoms with Crippen molar-refractivity contribution in [2.45, 2.75) is 0 Å². The van der Waals surface area contributed by atoms with E-state index in [2.05, 4.69) is 168 Å². The van der Waals surface area contributed by atoms with Crippen molar-refractivity contribution in [1.82, 2.24) is 9.55 Å². The number of pyridine rings is 1. The first-order valence-electron chi connectivity index (χ1n) is 17.0. The average molecular weight is 639 g/mol. The lowest BCUT2D eigenvalue weighted by atomic mass is 9.97. The van der Waals surface area contributed by atoms with Crippen molar-refractivity contribution in [2.75, 3.05) is 0 Å². The predicted molar refractivity (Wildman–Crippen MR) is 208 cm³/mol. The Labute approximate surface area is 289 Å². The molecule has 10 aromatic rings. The summed E-state index contributed by atoms with van der Waals surface area (Å²) >= 11 is 0. The molecular weight excluding hydrogens is 609 g/mol. The van der Waals surface area contributed by atoms with Crippen LogP contribution in [0.3, 0.4) is 0 Å². The summed E-state index contributed by atoms with van der Waals surface area (Å²) in [5.41, 5.74) is 13.0. The summed E-state index contributed by atoms with van der Waals surface area (Å²) in [6.07, 6.45) is 0. The maximum Gasteiger partial charge on any atom is 0.143 e. The fourth-order valence-electron chi connectivity index (χ4n) is 7.42. The number of aromatic nitrogens is 2. The molecule has 0 spiro atoms. The molecule has 0 aliphatic heterocycles. The van der Waals surface area contributed by atoms with Crippen LogP contribution in [-0.4, -0.2) is 9.55 Å².